The van der Waals surface area contributed by atoms with Gasteiger partial charge in [0.1, 0.15) is 10.7 Å². The fourth-order valence-electron chi connectivity index (χ4n) is 1.37. The quantitative estimate of drug-likeness (QED) is 0.834. The van der Waals surface area contributed by atoms with Gasteiger partial charge in [0.15, 0.2) is 5.13 Å². The third-order valence-corrected chi connectivity index (χ3v) is 5.00. The molecule has 0 bridgehead atoms. The lowest BCUT2D eigenvalue weighted by atomic mass is 10.3. The van der Waals surface area contributed by atoms with Gasteiger partial charge in [-0.15, -0.1) is 0 Å². The molecule has 5 nitrogen and oxygen atoms in total. The first-order valence-electron chi connectivity index (χ1n) is 5.55. The maximum absolute atomic E-state index is 13.2. The van der Waals surface area contributed by atoms with Crippen molar-refractivity contribution >= 4 is 38.1 Å². The Morgan fingerprint density at radius 3 is 2.95 bits per heavy atom. The lowest BCUT2D eigenvalue weighted by molar-refractivity contribution is 0.595. The molecule has 2 rings (SSSR count). The van der Waals surface area contributed by atoms with Crippen LogP contribution in [0.25, 0.3) is 0 Å². The molecular formula is C12H9ClFN3O2S2. The minimum atomic E-state index is -4.02. The molecule has 9 heteroatoms. The van der Waals surface area contributed by atoms with Gasteiger partial charge in [0.2, 0.25) is 0 Å². The lowest BCUT2D eigenvalue weighted by Crippen LogP contribution is -2.13. The highest BCUT2D eigenvalue weighted by atomic mass is 35.5. The average molecular weight is 346 g/mol. The Morgan fingerprint density at radius 2 is 2.24 bits per heavy atom. The third-order valence-electron chi connectivity index (χ3n) is 2.22. The topological polar surface area (TPSA) is 85.1 Å². The first kappa shape index (κ1) is 15.7. The van der Waals surface area contributed by atoms with Crippen LogP contribution in [0.4, 0.5) is 9.52 Å². The van der Waals surface area contributed by atoms with Crippen molar-refractivity contribution in [2.24, 2.45) is 5.73 Å². The van der Waals surface area contributed by atoms with Gasteiger partial charge in [-0.05, 0) is 18.2 Å². The Kier molecular flexibility index (Phi) is 4.80. The molecule has 0 spiro atoms. The first-order valence-corrected chi connectivity index (χ1v) is 8.23. The summed E-state index contributed by atoms with van der Waals surface area (Å²) in [6, 6.07) is 3.09. The number of thiazole rings is 1. The molecule has 0 saturated heterocycles. The number of nitrogens with one attached hydrogen (secondary N) is 1. The van der Waals surface area contributed by atoms with Gasteiger partial charge in [-0.2, -0.15) is 0 Å². The van der Waals surface area contributed by atoms with Crippen LogP contribution in [0.1, 0.15) is 4.88 Å². The number of hydrogen-bond acceptors (Lipinski definition) is 5. The summed E-state index contributed by atoms with van der Waals surface area (Å²) in [4.78, 5) is 4.09. The number of benzene rings is 1. The van der Waals surface area contributed by atoms with Crippen molar-refractivity contribution in [2.75, 3.05) is 11.3 Å². The van der Waals surface area contributed by atoms with Gasteiger partial charge in [-0.1, -0.05) is 34.8 Å². The van der Waals surface area contributed by atoms with E-state index in [2.05, 4.69) is 21.5 Å². The van der Waals surface area contributed by atoms with E-state index in [0.717, 1.165) is 23.5 Å². The van der Waals surface area contributed by atoms with Gasteiger partial charge in [0.25, 0.3) is 10.0 Å². The zero-order valence-electron chi connectivity index (χ0n) is 10.4. The summed E-state index contributed by atoms with van der Waals surface area (Å²) < 4.78 is 39.7. The fourth-order valence-corrected chi connectivity index (χ4v) is 3.82. The van der Waals surface area contributed by atoms with Crippen LogP contribution in [0.5, 0.6) is 0 Å². The van der Waals surface area contributed by atoms with Crippen LogP contribution in [-0.4, -0.2) is 19.9 Å². The van der Waals surface area contributed by atoms with Crippen molar-refractivity contribution < 1.29 is 12.8 Å². The molecule has 0 unspecified atom stereocenters. The van der Waals surface area contributed by atoms with E-state index >= 15 is 0 Å². The van der Waals surface area contributed by atoms with E-state index in [1.165, 1.54) is 12.3 Å². The molecule has 1 heterocycles. The molecule has 0 atom stereocenters. The maximum Gasteiger partial charge on any atom is 0.265 e. The van der Waals surface area contributed by atoms with E-state index < -0.39 is 15.8 Å². The zero-order valence-corrected chi connectivity index (χ0v) is 12.8. The molecule has 0 aliphatic carbocycles. The van der Waals surface area contributed by atoms with E-state index in [0.29, 0.717) is 4.88 Å². The monoisotopic (exact) mass is 345 g/mol. The molecule has 0 aliphatic rings. The highest BCUT2D eigenvalue weighted by molar-refractivity contribution is 7.93. The second-order valence-corrected chi connectivity index (χ2v) is 6.80. The molecule has 0 fully saturated rings. The van der Waals surface area contributed by atoms with Gasteiger partial charge in [0, 0.05) is 0 Å². The highest BCUT2D eigenvalue weighted by Gasteiger charge is 2.20. The Labute approximate surface area is 130 Å². The van der Waals surface area contributed by atoms with E-state index in [1.54, 1.807) is 0 Å². The Hall–Kier alpha value is -1.66. The van der Waals surface area contributed by atoms with Crippen LogP contribution < -0.4 is 10.5 Å². The van der Waals surface area contributed by atoms with Crippen LogP contribution in [0.15, 0.2) is 29.3 Å². The molecule has 0 amide bonds. The van der Waals surface area contributed by atoms with Gasteiger partial charge >= 0.3 is 0 Å². The van der Waals surface area contributed by atoms with Crippen molar-refractivity contribution in [2.45, 2.75) is 4.90 Å². The van der Waals surface area contributed by atoms with Crippen LogP contribution in [0.2, 0.25) is 5.02 Å². The summed E-state index contributed by atoms with van der Waals surface area (Å²) in [6.45, 7) is 0.192. The molecule has 1 aromatic heterocycles. The fraction of sp³-hybridized carbons (Fsp3) is 0.0833. The minimum Gasteiger partial charge on any atom is -0.320 e. The number of aromatic nitrogens is 1. The Balaban J connectivity index is 2.29. The number of nitrogens with zero attached hydrogens (tertiary/aromatic N) is 1. The van der Waals surface area contributed by atoms with Gasteiger partial charge < -0.3 is 5.73 Å². The van der Waals surface area contributed by atoms with Crippen LogP contribution in [-0.2, 0) is 10.0 Å². The van der Waals surface area contributed by atoms with Gasteiger partial charge in [-0.25, -0.2) is 17.8 Å². The van der Waals surface area contributed by atoms with Crippen molar-refractivity contribution in [1.29, 1.82) is 0 Å². The molecule has 21 heavy (non-hydrogen) atoms. The molecule has 0 saturated carbocycles. The molecule has 0 aliphatic heterocycles. The number of rotatable bonds is 3. The Morgan fingerprint density at radius 1 is 1.48 bits per heavy atom. The number of anilines is 1. The number of hydrogen-bond donors (Lipinski definition) is 2. The minimum absolute atomic E-state index is 0.0800. The first-order chi connectivity index (χ1) is 9.92. The standard InChI is InChI=1S/C12H9ClFN3O2S2/c13-10-4-3-8(14)6-11(10)21(18,19)17-12-16-7-9(20-12)2-1-5-15/h3-4,6-7H,5,15H2,(H,16,17). The average Bonchev–Trinajstić information content (AvgIpc) is 2.86. The van der Waals surface area contributed by atoms with Crippen LogP contribution in [0.3, 0.4) is 0 Å². The van der Waals surface area contributed by atoms with E-state index in [4.69, 9.17) is 17.3 Å². The van der Waals surface area contributed by atoms with E-state index in [-0.39, 0.29) is 21.6 Å². The third kappa shape index (κ3) is 3.92. The lowest BCUT2D eigenvalue weighted by Gasteiger charge is -2.06. The number of nitrogens with two attached hydrogens (primary N) is 1. The summed E-state index contributed by atoms with van der Waals surface area (Å²) >= 11 is 6.82. The molecule has 110 valence electrons. The van der Waals surface area contributed by atoms with Crippen molar-refractivity contribution in [3.05, 3.63) is 40.1 Å². The smallest absolute Gasteiger partial charge is 0.265 e. The predicted octanol–water partition coefficient (Wildman–Crippen LogP) is 2.05. The summed E-state index contributed by atoms with van der Waals surface area (Å²) in [5, 5.41) is 0.0280. The number of sulfonamides is 1. The maximum atomic E-state index is 13.2. The van der Waals surface area contributed by atoms with E-state index in [9.17, 15) is 12.8 Å². The SMILES string of the molecule is NCC#Cc1cnc(NS(=O)(=O)c2cc(F)ccc2Cl)s1. The molecule has 3 N–H and O–H groups in total. The van der Waals surface area contributed by atoms with Gasteiger partial charge in [-0.3, -0.25) is 4.72 Å². The largest absolute Gasteiger partial charge is 0.320 e. The van der Waals surface area contributed by atoms with Crippen LogP contribution >= 0.6 is 22.9 Å². The number of halogens is 2. The van der Waals surface area contributed by atoms with Gasteiger partial charge in [0.05, 0.1) is 22.6 Å². The predicted molar refractivity (Wildman–Crippen MR) is 80.3 cm³/mol. The normalized spacial score (nSPS) is 10.8. The van der Waals surface area contributed by atoms with Crippen molar-refractivity contribution in [1.82, 2.24) is 4.98 Å². The molecule has 0 radical (unpaired) electrons. The molecule has 2 aromatic rings. The van der Waals surface area contributed by atoms with E-state index in [1.807, 2.05) is 0 Å². The second kappa shape index (κ2) is 6.41. The summed E-state index contributed by atoms with van der Waals surface area (Å²) in [7, 11) is -4.02. The van der Waals surface area contributed by atoms with Crippen molar-refractivity contribution in [3.8, 4) is 11.8 Å². The Bertz CT molecular complexity index is 825. The van der Waals surface area contributed by atoms with Crippen molar-refractivity contribution in [3.63, 3.8) is 0 Å². The highest BCUT2D eigenvalue weighted by Crippen LogP contribution is 2.26. The zero-order chi connectivity index (χ0) is 15.5. The summed E-state index contributed by atoms with van der Waals surface area (Å²) in [6.07, 6.45) is 1.42. The van der Waals surface area contributed by atoms with Crippen LogP contribution in [0, 0.1) is 17.7 Å². The summed E-state index contributed by atoms with van der Waals surface area (Å²) in [5.74, 6) is 4.66. The molecular weight excluding hydrogens is 337 g/mol. The molecule has 1 aromatic carbocycles. The summed E-state index contributed by atoms with van der Waals surface area (Å²) in [5.41, 5.74) is 5.24. The second-order valence-electron chi connectivity index (χ2n) is 3.72.